The summed E-state index contributed by atoms with van der Waals surface area (Å²) >= 11 is 0. The van der Waals surface area contributed by atoms with Gasteiger partial charge in [-0.15, -0.1) is 0 Å². The molecule has 3 aromatic rings. The summed E-state index contributed by atoms with van der Waals surface area (Å²) in [7, 11) is 0. The summed E-state index contributed by atoms with van der Waals surface area (Å²) in [5.74, 6) is -1.50. The molecular formula is C19H13F3N2O3. The molecule has 0 atom stereocenters. The Morgan fingerprint density at radius 3 is 2.63 bits per heavy atom. The molecule has 138 valence electrons. The minimum absolute atomic E-state index is 0.144. The molecule has 0 bridgehead atoms. The minimum atomic E-state index is -4.54. The maximum atomic E-state index is 13.2. The highest BCUT2D eigenvalue weighted by atomic mass is 19.4. The molecule has 0 saturated heterocycles. The molecule has 27 heavy (non-hydrogen) atoms. The van der Waals surface area contributed by atoms with E-state index in [2.05, 4.69) is 5.32 Å². The fraction of sp³-hybridized carbons (Fsp3) is 0.158. The lowest BCUT2D eigenvalue weighted by molar-refractivity contribution is -0.138. The first kappa shape index (κ1) is 17.1. The van der Waals surface area contributed by atoms with Gasteiger partial charge in [0.05, 0.1) is 23.4 Å². The molecule has 0 aliphatic carbocycles. The van der Waals surface area contributed by atoms with Gasteiger partial charge in [0, 0.05) is 16.5 Å². The second-order valence-electron chi connectivity index (χ2n) is 6.31. The van der Waals surface area contributed by atoms with E-state index in [1.165, 1.54) is 10.6 Å². The molecule has 0 fully saturated rings. The van der Waals surface area contributed by atoms with E-state index in [-0.39, 0.29) is 17.7 Å². The van der Waals surface area contributed by atoms with Gasteiger partial charge in [0.15, 0.2) is 0 Å². The van der Waals surface area contributed by atoms with Crippen LogP contribution in [0.15, 0.2) is 42.5 Å². The summed E-state index contributed by atoms with van der Waals surface area (Å²) in [6.45, 7) is -0.431. The number of carboxylic acids is 1. The molecule has 1 aromatic heterocycles. The van der Waals surface area contributed by atoms with Crippen molar-refractivity contribution in [1.29, 1.82) is 0 Å². The zero-order valence-corrected chi connectivity index (χ0v) is 13.8. The maximum Gasteiger partial charge on any atom is 0.416 e. The van der Waals surface area contributed by atoms with Crippen LogP contribution in [0.3, 0.4) is 0 Å². The second-order valence-corrected chi connectivity index (χ2v) is 6.31. The lowest BCUT2D eigenvalue weighted by Gasteiger charge is -2.12. The van der Waals surface area contributed by atoms with Crippen LogP contribution < -0.4 is 5.32 Å². The number of carbonyl (C=O) groups excluding carboxylic acids is 1. The maximum absolute atomic E-state index is 13.2. The van der Waals surface area contributed by atoms with Crippen LogP contribution in [-0.2, 0) is 28.7 Å². The molecule has 2 N–H and O–H groups in total. The molecule has 1 amide bonds. The van der Waals surface area contributed by atoms with Crippen molar-refractivity contribution in [2.75, 3.05) is 5.32 Å². The van der Waals surface area contributed by atoms with E-state index in [1.54, 1.807) is 24.3 Å². The van der Waals surface area contributed by atoms with Crippen molar-refractivity contribution in [3.63, 3.8) is 0 Å². The Morgan fingerprint density at radius 2 is 1.93 bits per heavy atom. The minimum Gasteiger partial charge on any atom is -0.480 e. The number of anilines is 1. The van der Waals surface area contributed by atoms with Crippen LogP contribution in [0.4, 0.5) is 18.9 Å². The number of nitrogens with zero attached hydrogens (tertiary/aromatic N) is 1. The Kier molecular flexibility index (Phi) is 3.73. The van der Waals surface area contributed by atoms with E-state index in [1.807, 2.05) is 0 Å². The number of hydrogen-bond donors (Lipinski definition) is 2. The summed E-state index contributed by atoms with van der Waals surface area (Å²) < 4.78 is 41.0. The van der Waals surface area contributed by atoms with Crippen LogP contribution >= 0.6 is 0 Å². The van der Waals surface area contributed by atoms with E-state index in [0.717, 1.165) is 12.1 Å². The average molecular weight is 374 g/mol. The predicted octanol–water partition coefficient (Wildman–Crippen LogP) is 3.91. The SMILES string of the molecule is O=C(O)Cn1c2c(c3cc(C(F)(F)F)ccc31)CC(=O)Nc1ccccc1-2. The van der Waals surface area contributed by atoms with Crippen molar-refractivity contribution in [2.45, 2.75) is 19.1 Å². The number of para-hydroxylation sites is 1. The molecule has 1 aliphatic heterocycles. The fourth-order valence-corrected chi connectivity index (χ4v) is 3.54. The summed E-state index contributed by atoms with van der Waals surface area (Å²) in [5, 5.41) is 12.3. The first-order chi connectivity index (χ1) is 12.8. The third-order valence-electron chi connectivity index (χ3n) is 4.58. The lowest BCUT2D eigenvalue weighted by atomic mass is 10.0. The molecule has 0 unspecified atom stereocenters. The van der Waals surface area contributed by atoms with E-state index in [9.17, 15) is 27.9 Å². The van der Waals surface area contributed by atoms with Gasteiger partial charge in [0.25, 0.3) is 0 Å². The van der Waals surface area contributed by atoms with Gasteiger partial charge in [-0.25, -0.2) is 0 Å². The molecule has 5 nitrogen and oxygen atoms in total. The Balaban J connectivity index is 2.11. The van der Waals surface area contributed by atoms with E-state index in [0.29, 0.717) is 28.0 Å². The number of fused-ring (bicyclic) bond motifs is 5. The van der Waals surface area contributed by atoms with E-state index >= 15 is 0 Å². The summed E-state index contributed by atoms with van der Waals surface area (Å²) in [4.78, 5) is 23.7. The number of rotatable bonds is 2. The van der Waals surface area contributed by atoms with Gasteiger partial charge in [-0.2, -0.15) is 13.2 Å². The summed E-state index contributed by atoms with van der Waals surface area (Å²) in [6.07, 6.45) is -4.69. The van der Waals surface area contributed by atoms with E-state index in [4.69, 9.17) is 0 Å². The van der Waals surface area contributed by atoms with Crippen molar-refractivity contribution < 1.29 is 27.9 Å². The highest BCUT2D eigenvalue weighted by Crippen LogP contribution is 2.41. The highest BCUT2D eigenvalue weighted by Gasteiger charge is 2.33. The molecule has 2 aromatic carbocycles. The van der Waals surface area contributed by atoms with Gasteiger partial charge in [-0.05, 0) is 29.8 Å². The molecule has 0 saturated carbocycles. The normalized spacial score (nSPS) is 13.7. The molecule has 0 radical (unpaired) electrons. The Morgan fingerprint density at radius 1 is 1.19 bits per heavy atom. The van der Waals surface area contributed by atoms with Crippen LogP contribution in [0.1, 0.15) is 11.1 Å². The number of benzene rings is 2. The summed E-state index contributed by atoms with van der Waals surface area (Å²) in [6, 6.07) is 9.99. The van der Waals surface area contributed by atoms with Crippen molar-refractivity contribution in [1.82, 2.24) is 4.57 Å². The van der Waals surface area contributed by atoms with E-state index < -0.39 is 24.3 Å². The van der Waals surface area contributed by atoms with Crippen molar-refractivity contribution in [3.8, 4) is 11.3 Å². The molecule has 1 aliphatic rings. The molecule has 2 heterocycles. The van der Waals surface area contributed by atoms with Crippen LogP contribution in [0.25, 0.3) is 22.2 Å². The Labute approximate surface area is 151 Å². The number of carboxylic acid groups (broad SMARTS) is 1. The van der Waals surface area contributed by atoms with Gasteiger partial charge >= 0.3 is 12.1 Å². The Hall–Kier alpha value is -3.29. The quantitative estimate of drug-likeness (QED) is 0.715. The summed E-state index contributed by atoms with van der Waals surface area (Å²) in [5.41, 5.74) is 1.40. The molecule has 4 rings (SSSR count). The van der Waals surface area contributed by atoms with Crippen molar-refractivity contribution in [3.05, 3.63) is 53.6 Å². The van der Waals surface area contributed by atoms with Crippen molar-refractivity contribution in [2.24, 2.45) is 0 Å². The zero-order valence-electron chi connectivity index (χ0n) is 13.8. The second kappa shape index (κ2) is 5.87. The topological polar surface area (TPSA) is 71.3 Å². The number of amides is 1. The van der Waals surface area contributed by atoms with Gasteiger partial charge in [0.2, 0.25) is 5.91 Å². The first-order valence-electron chi connectivity index (χ1n) is 8.09. The highest BCUT2D eigenvalue weighted by molar-refractivity contribution is 6.06. The van der Waals surface area contributed by atoms with Crippen LogP contribution in [0.5, 0.6) is 0 Å². The molecule has 8 heteroatoms. The van der Waals surface area contributed by atoms with Crippen LogP contribution in [0, 0.1) is 0 Å². The number of alkyl halides is 3. The van der Waals surface area contributed by atoms with Crippen LogP contribution in [-0.4, -0.2) is 21.6 Å². The van der Waals surface area contributed by atoms with Crippen LogP contribution in [0.2, 0.25) is 0 Å². The first-order valence-corrected chi connectivity index (χ1v) is 8.09. The van der Waals surface area contributed by atoms with Gasteiger partial charge in [0.1, 0.15) is 6.54 Å². The fourth-order valence-electron chi connectivity index (χ4n) is 3.54. The number of hydrogen-bond acceptors (Lipinski definition) is 2. The number of halogens is 3. The number of aliphatic carboxylic acids is 1. The molecule has 0 spiro atoms. The van der Waals surface area contributed by atoms with Gasteiger partial charge in [-0.3, -0.25) is 9.59 Å². The number of carbonyl (C=O) groups is 2. The Bertz CT molecular complexity index is 1100. The third kappa shape index (κ3) is 2.83. The number of nitrogens with one attached hydrogen (secondary N) is 1. The smallest absolute Gasteiger partial charge is 0.416 e. The monoisotopic (exact) mass is 374 g/mol. The predicted molar refractivity (Wildman–Crippen MR) is 92.3 cm³/mol. The van der Waals surface area contributed by atoms with Crippen molar-refractivity contribution >= 4 is 28.5 Å². The largest absolute Gasteiger partial charge is 0.480 e. The average Bonchev–Trinajstić information content (AvgIpc) is 2.78. The number of aromatic nitrogens is 1. The van der Waals surface area contributed by atoms with Gasteiger partial charge in [-0.1, -0.05) is 18.2 Å². The van der Waals surface area contributed by atoms with Gasteiger partial charge < -0.3 is 15.0 Å². The molecular weight excluding hydrogens is 361 g/mol. The standard InChI is InChI=1S/C19H13F3N2O3/c20-19(21,22)10-5-6-15-12(7-10)13-8-16(25)23-14-4-2-1-3-11(14)18(13)24(15)9-17(26)27/h1-7H,8-9H2,(H,23,25)(H,26,27). The lowest BCUT2D eigenvalue weighted by Crippen LogP contribution is -2.12. The zero-order chi connectivity index (χ0) is 19.3. The third-order valence-corrected chi connectivity index (χ3v) is 4.58.